The molecular weight excluding hydrogens is 334 g/mol. The minimum atomic E-state index is -0.733. The number of amidine groups is 1. The summed E-state index contributed by atoms with van der Waals surface area (Å²) < 4.78 is 0. The van der Waals surface area contributed by atoms with Crippen LogP contribution in [-0.4, -0.2) is 39.3 Å². The van der Waals surface area contributed by atoms with Gasteiger partial charge < -0.3 is 10.6 Å². The van der Waals surface area contributed by atoms with Gasteiger partial charge in [0.25, 0.3) is 0 Å². The van der Waals surface area contributed by atoms with Crippen LogP contribution < -0.4 is 5.73 Å². The van der Waals surface area contributed by atoms with Crippen molar-refractivity contribution in [2.75, 3.05) is 6.67 Å². The molecule has 0 spiro atoms. The maximum absolute atomic E-state index is 12.2. The van der Waals surface area contributed by atoms with E-state index in [1.165, 1.54) is 22.1 Å². The van der Waals surface area contributed by atoms with Crippen molar-refractivity contribution >= 4 is 17.8 Å². The number of aromatic nitrogens is 1. The first-order valence-electron chi connectivity index (χ1n) is 7.86. The van der Waals surface area contributed by atoms with Gasteiger partial charge in [-0.25, -0.2) is 4.79 Å². The van der Waals surface area contributed by atoms with E-state index < -0.39 is 6.09 Å². The average molecular weight is 351 g/mol. The highest BCUT2D eigenvalue weighted by atomic mass is 16.7. The third-order valence-electron chi connectivity index (χ3n) is 3.68. The minimum Gasteiger partial charge on any atom is -0.380 e. The number of carbonyl (C=O) groups is 2. The Labute approximate surface area is 150 Å². The molecule has 0 fully saturated rings. The summed E-state index contributed by atoms with van der Waals surface area (Å²) in [7, 11) is 0. The van der Waals surface area contributed by atoms with E-state index in [0.717, 1.165) is 5.56 Å². The van der Waals surface area contributed by atoms with Crippen molar-refractivity contribution in [3.63, 3.8) is 0 Å². The van der Waals surface area contributed by atoms with Crippen molar-refractivity contribution in [1.82, 2.24) is 14.8 Å². The monoisotopic (exact) mass is 351 g/mol. The number of carbonyl (C=O) groups excluding carboxylic acids is 2. The molecule has 0 bridgehead atoms. The molecule has 0 unspecified atom stereocenters. The summed E-state index contributed by atoms with van der Waals surface area (Å²) in [5.41, 5.74) is 7.32. The van der Waals surface area contributed by atoms with Crippen LogP contribution in [0, 0.1) is 0 Å². The summed E-state index contributed by atoms with van der Waals surface area (Å²) >= 11 is 0. The maximum atomic E-state index is 12.2. The smallest absolute Gasteiger partial charge is 0.380 e. The Morgan fingerprint density at radius 3 is 2.65 bits per heavy atom. The van der Waals surface area contributed by atoms with Crippen LogP contribution in [0.25, 0.3) is 0 Å². The molecule has 0 saturated heterocycles. The van der Waals surface area contributed by atoms with Gasteiger partial charge in [0.05, 0.1) is 0 Å². The van der Waals surface area contributed by atoms with Gasteiger partial charge in [-0.3, -0.25) is 19.5 Å². The molecule has 0 saturated carbocycles. The van der Waals surface area contributed by atoms with Gasteiger partial charge in [0, 0.05) is 36.8 Å². The summed E-state index contributed by atoms with van der Waals surface area (Å²) in [6.07, 6.45) is 5.05. The molecule has 132 valence electrons. The second-order valence-electron chi connectivity index (χ2n) is 5.52. The molecule has 1 aliphatic heterocycles. The normalized spacial score (nSPS) is 14.5. The van der Waals surface area contributed by atoms with Crippen LogP contribution in [0.15, 0.2) is 72.3 Å². The van der Waals surface area contributed by atoms with Gasteiger partial charge in [-0.1, -0.05) is 35.5 Å². The predicted molar refractivity (Wildman–Crippen MR) is 94.3 cm³/mol. The van der Waals surface area contributed by atoms with Gasteiger partial charge in [0.2, 0.25) is 5.91 Å². The van der Waals surface area contributed by atoms with Crippen LogP contribution >= 0.6 is 0 Å². The van der Waals surface area contributed by atoms with Crippen LogP contribution in [-0.2, 0) is 16.2 Å². The highest BCUT2D eigenvalue weighted by molar-refractivity contribution is 5.97. The SMILES string of the molecule is NC(=NOC(=O)N1C=CC(=O)N(Cc2ccccc2)C1)c1ccncc1. The van der Waals surface area contributed by atoms with Crippen LogP contribution in [0.1, 0.15) is 11.1 Å². The third-order valence-corrected chi connectivity index (χ3v) is 3.68. The number of oxime groups is 1. The molecule has 2 aromatic rings. The summed E-state index contributed by atoms with van der Waals surface area (Å²) in [5.74, 6) is -0.128. The predicted octanol–water partition coefficient (Wildman–Crippen LogP) is 1.65. The highest BCUT2D eigenvalue weighted by Gasteiger charge is 2.24. The van der Waals surface area contributed by atoms with Gasteiger partial charge in [0.15, 0.2) is 5.84 Å². The fourth-order valence-electron chi connectivity index (χ4n) is 2.33. The molecule has 3 rings (SSSR count). The molecule has 1 aliphatic rings. The van der Waals surface area contributed by atoms with E-state index in [0.29, 0.717) is 12.1 Å². The molecule has 8 nitrogen and oxygen atoms in total. The summed E-state index contributed by atoms with van der Waals surface area (Å²) in [5, 5.41) is 3.64. The highest BCUT2D eigenvalue weighted by Crippen LogP contribution is 2.12. The van der Waals surface area contributed by atoms with Crippen molar-refractivity contribution < 1.29 is 14.4 Å². The summed E-state index contributed by atoms with van der Waals surface area (Å²) in [6.45, 7) is 0.448. The number of nitrogens with two attached hydrogens (primary N) is 1. The molecule has 2 N–H and O–H groups in total. The van der Waals surface area contributed by atoms with Gasteiger partial charge in [-0.05, 0) is 17.7 Å². The number of amides is 2. The first-order valence-corrected chi connectivity index (χ1v) is 7.86. The topological polar surface area (TPSA) is 101 Å². The van der Waals surface area contributed by atoms with Gasteiger partial charge >= 0.3 is 6.09 Å². The van der Waals surface area contributed by atoms with Crippen LogP contribution in [0.2, 0.25) is 0 Å². The number of hydrogen-bond acceptors (Lipinski definition) is 5. The molecule has 2 heterocycles. The van der Waals surface area contributed by atoms with Crippen LogP contribution in [0.5, 0.6) is 0 Å². The molecule has 1 aromatic carbocycles. The number of rotatable bonds is 4. The lowest BCUT2D eigenvalue weighted by Gasteiger charge is -2.30. The summed E-state index contributed by atoms with van der Waals surface area (Å²) in [6, 6.07) is 12.8. The van der Waals surface area contributed by atoms with Crippen molar-refractivity contribution in [1.29, 1.82) is 0 Å². The van der Waals surface area contributed by atoms with E-state index >= 15 is 0 Å². The largest absolute Gasteiger partial charge is 0.441 e. The number of pyridine rings is 1. The molecule has 0 atom stereocenters. The lowest BCUT2D eigenvalue weighted by atomic mass is 10.2. The van der Waals surface area contributed by atoms with Crippen LogP contribution in [0.4, 0.5) is 4.79 Å². The Bertz CT molecular complexity index is 836. The first-order chi connectivity index (χ1) is 12.6. The molecule has 0 aliphatic carbocycles. The van der Waals surface area contributed by atoms with E-state index in [-0.39, 0.29) is 18.4 Å². The molecule has 2 amide bonds. The summed E-state index contributed by atoms with van der Waals surface area (Å²) in [4.78, 5) is 35.7. The minimum absolute atomic E-state index is 0.0546. The maximum Gasteiger partial charge on any atom is 0.441 e. The lowest BCUT2D eigenvalue weighted by Crippen LogP contribution is -2.44. The fourth-order valence-corrected chi connectivity index (χ4v) is 2.33. The molecule has 8 heteroatoms. The molecule has 0 radical (unpaired) electrons. The van der Waals surface area contributed by atoms with Gasteiger partial charge in [-0.15, -0.1) is 0 Å². The zero-order valence-corrected chi connectivity index (χ0v) is 13.9. The van der Waals surface area contributed by atoms with E-state index in [1.807, 2.05) is 30.3 Å². The average Bonchev–Trinajstić information content (AvgIpc) is 2.69. The van der Waals surface area contributed by atoms with E-state index in [4.69, 9.17) is 10.6 Å². The second-order valence-corrected chi connectivity index (χ2v) is 5.52. The van der Waals surface area contributed by atoms with Crippen molar-refractivity contribution in [3.05, 3.63) is 78.3 Å². The Kier molecular flexibility index (Phi) is 5.23. The second kappa shape index (κ2) is 7.93. The zero-order valence-electron chi connectivity index (χ0n) is 13.9. The third kappa shape index (κ3) is 4.23. The van der Waals surface area contributed by atoms with Gasteiger partial charge in [-0.2, -0.15) is 0 Å². The standard InChI is InChI=1S/C18H17N5O3/c19-17(15-6-9-20-10-7-15)21-26-18(25)22-11-8-16(24)23(13-22)12-14-4-2-1-3-5-14/h1-11H,12-13H2,(H2,19,21). The Morgan fingerprint density at radius 2 is 1.92 bits per heavy atom. The fraction of sp³-hybridized carbons (Fsp3) is 0.111. The van der Waals surface area contributed by atoms with Crippen molar-refractivity contribution in [2.24, 2.45) is 10.9 Å². The number of nitrogens with zero attached hydrogens (tertiary/aromatic N) is 4. The number of hydrogen-bond donors (Lipinski definition) is 1. The zero-order chi connectivity index (χ0) is 18.4. The Morgan fingerprint density at radius 1 is 1.19 bits per heavy atom. The Hall–Kier alpha value is -3.68. The molecular formula is C18H17N5O3. The number of benzene rings is 1. The molecule has 1 aromatic heterocycles. The molecule has 26 heavy (non-hydrogen) atoms. The van der Waals surface area contributed by atoms with E-state index in [2.05, 4.69) is 10.1 Å². The quantitative estimate of drug-likeness (QED) is 0.391. The van der Waals surface area contributed by atoms with Gasteiger partial charge in [0.1, 0.15) is 6.67 Å². The van der Waals surface area contributed by atoms with E-state index in [1.54, 1.807) is 24.5 Å². The Balaban J connectivity index is 1.62. The van der Waals surface area contributed by atoms with Crippen LogP contribution in [0.3, 0.4) is 0 Å². The van der Waals surface area contributed by atoms with Crippen molar-refractivity contribution in [3.8, 4) is 0 Å². The lowest BCUT2D eigenvalue weighted by molar-refractivity contribution is -0.129. The van der Waals surface area contributed by atoms with Crippen molar-refractivity contribution in [2.45, 2.75) is 6.54 Å². The van der Waals surface area contributed by atoms with E-state index in [9.17, 15) is 9.59 Å². The first kappa shape index (κ1) is 17.2.